The van der Waals surface area contributed by atoms with E-state index < -0.39 is 34.8 Å². The second-order valence-corrected chi connectivity index (χ2v) is 4.99. The van der Waals surface area contributed by atoms with Crippen molar-refractivity contribution in [1.29, 1.82) is 0 Å². The topological polar surface area (TPSA) is 37.3 Å². The van der Waals surface area contributed by atoms with Crippen molar-refractivity contribution in [3.05, 3.63) is 94.8 Å². The van der Waals surface area contributed by atoms with Crippen LogP contribution in [-0.2, 0) is 4.79 Å². The molecule has 128 valence electrons. The number of aliphatic hydroxyl groups excluding tert-OH is 1. The maximum Gasteiger partial charge on any atom is 0.182 e. The van der Waals surface area contributed by atoms with Gasteiger partial charge in [-0.1, -0.05) is 24.3 Å². The van der Waals surface area contributed by atoms with Crippen molar-refractivity contribution in [2.45, 2.75) is 0 Å². The molecule has 0 atom stereocenters. The first-order chi connectivity index (χ1) is 11.8. The summed E-state index contributed by atoms with van der Waals surface area (Å²) in [6.07, 6.45) is 5.63. The molecule has 0 heterocycles. The molecule has 0 saturated carbocycles. The molecule has 0 amide bonds. The SMILES string of the molecule is O=C(C=C(O)/C=C/c1ccc(F)c(F)c1)/C=C/c1ccc(F)c(F)c1. The second kappa shape index (κ2) is 8.10. The number of rotatable bonds is 5. The summed E-state index contributed by atoms with van der Waals surface area (Å²) in [6.45, 7) is 0. The predicted molar refractivity (Wildman–Crippen MR) is 86.5 cm³/mol. The Morgan fingerprint density at radius 1 is 0.760 bits per heavy atom. The summed E-state index contributed by atoms with van der Waals surface area (Å²) in [5.74, 6) is -5.07. The van der Waals surface area contributed by atoms with Gasteiger partial charge in [-0.25, -0.2) is 17.6 Å². The molecule has 0 aromatic heterocycles. The lowest BCUT2D eigenvalue weighted by molar-refractivity contribution is -0.110. The molecule has 0 aliphatic heterocycles. The highest BCUT2D eigenvalue weighted by atomic mass is 19.2. The molecule has 0 aliphatic carbocycles. The van der Waals surface area contributed by atoms with Crippen LogP contribution in [0.15, 0.2) is 60.4 Å². The van der Waals surface area contributed by atoms with Gasteiger partial charge in [0.1, 0.15) is 5.76 Å². The van der Waals surface area contributed by atoms with Gasteiger partial charge in [0.2, 0.25) is 0 Å². The van der Waals surface area contributed by atoms with Crippen LogP contribution in [0.3, 0.4) is 0 Å². The van der Waals surface area contributed by atoms with Gasteiger partial charge in [-0.05, 0) is 47.5 Å². The van der Waals surface area contributed by atoms with Gasteiger partial charge >= 0.3 is 0 Å². The molecule has 2 rings (SSSR count). The summed E-state index contributed by atoms with van der Waals surface area (Å²) < 4.78 is 51.6. The summed E-state index contributed by atoms with van der Waals surface area (Å²) >= 11 is 0. The van der Waals surface area contributed by atoms with Gasteiger partial charge in [0.25, 0.3) is 0 Å². The van der Waals surface area contributed by atoms with Gasteiger partial charge in [-0.2, -0.15) is 0 Å². The normalized spacial score (nSPS) is 12.2. The van der Waals surface area contributed by atoms with E-state index in [1.165, 1.54) is 24.3 Å². The highest BCUT2D eigenvalue weighted by molar-refractivity contribution is 6.02. The van der Waals surface area contributed by atoms with Crippen molar-refractivity contribution >= 4 is 17.9 Å². The van der Waals surface area contributed by atoms with Crippen LogP contribution in [0.25, 0.3) is 12.2 Å². The molecule has 0 aliphatic rings. The fraction of sp³-hybridized carbons (Fsp3) is 0. The molecule has 2 aromatic rings. The molecule has 25 heavy (non-hydrogen) atoms. The van der Waals surface area contributed by atoms with Crippen LogP contribution in [0.2, 0.25) is 0 Å². The van der Waals surface area contributed by atoms with E-state index >= 15 is 0 Å². The average molecular weight is 348 g/mol. The van der Waals surface area contributed by atoms with Crippen molar-refractivity contribution in [2.75, 3.05) is 0 Å². The fourth-order valence-electron chi connectivity index (χ4n) is 1.83. The van der Waals surface area contributed by atoms with Crippen molar-refractivity contribution in [1.82, 2.24) is 0 Å². The number of hydrogen-bond acceptors (Lipinski definition) is 2. The van der Waals surface area contributed by atoms with Crippen LogP contribution < -0.4 is 0 Å². The van der Waals surface area contributed by atoms with Crippen molar-refractivity contribution in [2.24, 2.45) is 0 Å². The number of carbonyl (C=O) groups is 1. The summed E-state index contributed by atoms with van der Waals surface area (Å²) in [5, 5.41) is 9.62. The van der Waals surface area contributed by atoms with Gasteiger partial charge in [-0.15, -0.1) is 0 Å². The predicted octanol–water partition coefficient (Wildman–Crippen LogP) is 4.98. The zero-order valence-corrected chi connectivity index (χ0v) is 12.7. The number of halogens is 4. The summed E-state index contributed by atoms with van der Waals surface area (Å²) in [6, 6.07) is 6.31. The summed E-state index contributed by atoms with van der Waals surface area (Å²) in [4.78, 5) is 11.7. The monoisotopic (exact) mass is 348 g/mol. The molecule has 0 spiro atoms. The second-order valence-electron chi connectivity index (χ2n) is 4.99. The third-order valence-corrected chi connectivity index (χ3v) is 3.06. The Hall–Kier alpha value is -3.15. The van der Waals surface area contributed by atoms with Crippen LogP contribution in [0.4, 0.5) is 17.6 Å². The van der Waals surface area contributed by atoms with Crippen LogP contribution in [-0.4, -0.2) is 10.9 Å². The minimum atomic E-state index is -1.04. The molecule has 0 saturated heterocycles. The minimum absolute atomic E-state index is 0.275. The van der Waals surface area contributed by atoms with Crippen LogP contribution in [0.1, 0.15) is 11.1 Å². The van der Waals surface area contributed by atoms with E-state index in [0.29, 0.717) is 5.56 Å². The Bertz CT molecular complexity index is 883. The molecule has 1 N–H and O–H groups in total. The molecule has 2 nitrogen and oxygen atoms in total. The first-order valence-corrected chi connectivity index (χ1v) is 7.06. The first-order valence-electron chi connectivity index (χ1n) is 7.06. The van der Waals surface area contributed by atoms with Gasteiger partial charge in [0.05, 0.1) is 0 Å². The van der Waals surface area contributed by atoms with Crippen LogP contribution in [0.5, 0.6) is 0 Å². The molecular weight excluding hydrogens is 336 g/mol. The maximum absolute atomic E-state index is 13.0. The van der Waals surface area contributed by atoms with Crippen molar-refractivity contribution in [3.8, 4) is 0 Å². The Balaban J connectivity index is 2.03. The standard InChI is InChI=1S/C19H12F4O2/c20-16-7-3-12(9-18(16)22)1-5-14(24)11-15(25)6-2-13-4-8-17(21)19(23)10-13/h1-11,24H/b5-1+,6-2+,14-11?. The molecule has 0 fully saturated rings. The summed E-state index contributed by atoms with van der Waals surface area (Å²) in [7, 11) is 0. The number of carbonyl (C=O) groups excluding carboxylic acids is 1. The minimum Gasteiger partial charge on any atom is -0.508 e. The van der Waals surface area contributed by atoms with E-state index in [0.717, 1.165) is 42.5 Å². The van der Waals surface area contributed by atoms with Crippen LogP contribution in [0, 0.1) is 23.3 Å². The van der Waals surface area contributed by atoms with E-state index in [1.807, 2.05) is 0 Å². The molecule has 0 radical (unpaired) electrons. The molecule has 0 unspecified atom stereocenters. The van der Waals surface area contributed by atoms with E-state index in [-0.39, 0.29) is 5.56 Å². The van der Waals surface area contributed by atoms with E-state index in [1.54, 1.807) is 0 Å². The maximum atomic E-state index is 13.0. The zero-order chi connectivity index (χ0) is 18.4. The van der Waals surface area contributed by atoms with Gasteiger partial charge in [0.15, 0.2) is 29.1 Å². The largest absolute Gasteiger partial charge is 0.508 e. The number of allylic oxidation sites excluding steroid dienone is 3. The quantitative estimate of drug-likeness (QED) is 0.358. The average Bonchev–Trinajstić information content (AvgIpc) is 2.57. The Kier molecular flexibility index (Phi) is 5.89. The molecule has 0 bridgehead atoms. The van der Waals surface area contributed by atoms with Gasteiger partial charge < -0.3 is 5.11 Å². The van der Waals surface area contributed by atoms with Gasteiger partial charge in [0, 0.05) is 6.08 Å². The number of hydrogen-bond donors (Lipinski definition) is 1. The third kappa shape index (κ3) is 5.46. The fourth-order valence-corrected chi connectivity index (χ4v) is 1.83. The highest BCUT2D eigenvalue weighted by Gasteiger charge is 2.02. The van der Waals surface area contributed by atoms with Crippen molar-refractivity contribution in [3.63, 3.8) is 0 Å². The zero-order valence-electron chi connectivity index (χ0n) is 12.7. The van der Waals surface area contributed by atoms with E-state index in [2.05, 4.69) is 0 Å². The van der Waals surface area contributed by atoms with E-state index in [4.69, 9.17) is 0 Å². The molecular formula is C19H12F4O2. The molecule has 2 aromatic carbocycles. The number of aliphatic hydroxyl groups is 1. The van der Waals surface area contributed by atoms with E-state index in [9.17, 15) is 27.5 Å². The summed E-state index contributed by atoms with van der Waals surface area (Å²) in [5.41, 5.74) is 0.570. The Labute approximate surface area is 141 Å². The number of benzene rings is 2. The lowest BCUT2D eigenvalue weighted by atomic mass is 10.1. The smallest absolute Gasteiger partial charge is 0.182 e. The first kappa shape index (κ1) is 18.2. The number of ketones is 1. The third-order valence-electron chi connectivity index (χ3n) is 3.06. The Morgan fingerprint density at radius 3 is 1.72 bits per heavy atom. The Morgan fingerprint density at radius 2 is 1.24 bits per heavy atom. The highest BCUT2D eigenvalue weighted by Crippen LogP contribution is 2.12. The van der Waals surface area contributed by atoms with Crippen molar-refractivity contribution < 1.29 is 27.5 Å². The molecule has 6 heteroatoms. The lowest BCUT2D eigenvalue weighted by Crippen LogP contribution is -1.89. The van der Waals surface area contributed by atoms with Gasteiger partial charge in [-0.3, -0.25) is 4.79 Å². The van der Waals surface area contributed by atoms with Crippen LogP contribution >= 0.6 is 0 Å². The lowest BCUT2D eigenvalue weighted by Gasteiger charge is -1.96.